The Morgan fingerprint density at radius 1 is 0.900 bits per heavy atom. The van der Waals surface area contributed by atoms with Crippen LogP contribution in [0.15, 0.2) is 10.8 Å². The molecule has 2 aromatic rings. The monoisotopic (exact) mass is 534 g/mol. The maximum absolute atomic E-state index is 11.9. The molecule has 0 aliphatic rings. The molecule has 0 amide bonds. The second-order valence-electron chi connectivity index (χ2n) is 3.56. The van der Waals surface area contributed by atoms with Crippen molar-refractivity contribution in [3.05, 3.63) is 27.7 Å². The quantitative estimate of drug-likeness (QED) is 0.437. The highest BCUT2D eigenvalue weighted by Crippen LogP contribution is 2.41. The molecule has 0 spiro atoms. The van der Waals surface area contributed by atoms with Crippen LogP contribution < -0.4 is 0 Å². The van der Waals surface area contributed by atoms with Crippen molar-refractivity contribution in [3.8, 4) is 11.1 Å². The Bertz CT molecular complexity index is 617. The summed E-state index contributed by atoms with van der Waals surface area (Å²) in [5.74, 6) is -0.795. The first-order valence-electron chi connectivity index (χ1n) is 5.22. The third-order valence-electron chi connectivity index (χ3n) is 2.48. The van der Waals surface area contributed by atoms with E-state index in [0.29, 0.717) is 9.75 Å². The van der Waals surface area contributed by atoms with Crippen LogP contribution in [-0.2, 0) is 9.47 Å². The van der Waals surface area contributed by atoms with Crippen LogP contribution in [0.1, 0.15) is 19.3 Å². The van der Waals surface area contributed by atoms with Crippen LogP contribution in [0, 0.1) is 7.14 Å². The first-order valence-corrected chi connectivity index (χ1v) is 9.13. The summed E-state index contributed by atoms with van der Waals surface area (Å²) >= 11 is 6.93. The minimum Gasteiger partial charge on any atom is -0.465 e. The highest BCUT2D eigenvalue weighted by Gasteiger charge is 2.26. The molecule has 2 aromatic heterocycles. The molecule has 0 unspecified atom stereocenters. The summed E-state index contributed by atoms with van der Waals surface area (Å²) < 4.78 is 11.4. The number of carbonyl (C=O) groups is 2. The third-order valence-corrected chi connectivity index (χ3v) is 6.95. The molecule has 2 heterocycles. The number of ether oxygens (including phenoxy) is 2. The average Bonchev–Trinajstić information content (AvgIpc) is 3.00. The molecule has 0 bridgehead atoms. The lowest BCUT2D eigenvalue weighted by molar-refractivity contribution is 0.0595. The van der Waals surface area contributed by atoms with E-state index in [-0.39, 0.29) is 0 Å². The lowest BCUT2D eigenvalue weighted by Gasteiger charge is -2.06. The van der Waals surface area contributed by atoms with Gasteiger partial charge in [-0.25, -0.2) is 9.59 Å². The van der Waals surface area contributed by atoms with E-state index in [2.05, 4.69) is 45.2 Å². The van der Waals surface area contributed by atoms with Crippen LogP contribution in [0.2, 0.25) is 0 Å². The van der Waals surface area contributed by atoms with E-state index in [1.54, 1.807) is 0 Å². The molecule has 0 saturated heterocycles. The van der Waals surface area contributed by atoms with Gasteiger partial charge in [0.2, 0.25) is 0 Å². The van der Waals surface area contributed by atoms with Crippen molar-refractivity contribution in [2.24, 2.45) is 0 Å². The van der Waals surface area contributed by atoms with E-state index in [1.165, 1.54) is 36.9 Å². The van der Waals surface area contributed by atoms with Gasteiger partial charge in [0, 0.05) is 29.0 Å². The van der Waals surface area contributed by atoms with E-state index >= 15 is 0 Å². The maximum Gasteiger partial charge on any atom is 0.348 e. The summed E-state index contributed by atoms with van der Waals surface area (Å²) in [5, 5.41) is 3.74. The largest absolute Gasteiger partial charge is 0.465 e. The van der Waals surface area contributed by atoms with Gasteiger partial charge < -0.3 is 9.47 Å². The van der Waals surface area contributed by atoms with Crippen molar-refractivity contribution in [2.75, 3.05) is 14.2 Å². The zero-order chi connectivity index (χ0) is 14.9. The van der Waals surface area contributed by atoms with Crippen molar-refractivity contribution < 1.29 is 19.1 Å². The second kappa shape index (κ2) is 6.71. The van der Waals surface area contributed by atoms with Crippen molar-refractivity contribution in [2.45, 2.75) is 0 Å². The fourth-order valence-corrected chi connectivity index (χ4v) is 5.53. The molecular weight excluding hydrogens is 526 g/mol. The summed E-state index contributed by atoms with van der Waals surface area (Å²) in [6, 6.07) is 0. The molecule has 0 aromatic carbocycles. The topological polar surface area (TPSA) is 52.6 Å². The highest BCUT2D eigenvalue weighted by atomic mass is 127. The van der Waals surface area contributed by atoms with Crippen molar-refractivity contribution in [1.82, 2.24) is 0 Å². The molecule has 0 saturated carbocycles. The zero-order valence-corrected chi connectivity index (χ0v) is 16.3. The number of thiophene rings is 2. The Hall–Kier alpha value is -0.200. The Labute approximate surface area is 150 Å². The predicted molar refractivity (Wildman–Crippen MR) is 95.7 cm³/mol. The van der Waals surface area contributed by atoms with E-state index in [9.17, 15) is 9.59 Å². The lowest BCUT2D eigenvalue weighted by atomic mass is 10.1. The fourth-order valence-electron chi connectivity index (χ4n) is 1.63. The van der Waals surface area contributed by atoms with Crippen molar-refractivity contribution in [1.29, 1.82) is 0 Å². The number of carbonyl (C=O) groups excluding carboxylic acids is 2. The van der Waals surface area contributed by atoms with Crippen LogP contribution in [0.3, 0.4) is 0 Å². The smallest absolute Gasteiger partial charge is 0.348 e. The molecule has 20 heavy (non-hydrogen) atoms. The summed E-state index contributed by atoms with van der Waals surface area (Å²) in [7, 11) is 2.69. The maximum atomic E-state index is 11.9. The van der Waals surface area contributed by atoms with Crippen LogP contribution >= 0.6 is 67.9 Å². The molecule has 0 fully saturated rings. The molecule has 0 radical (unpaired) electrons. The molecule has 2 rings (SSSR count). The van der Waals surface area contributed by atoms with Gasteiger partial charge in [-0.05, 0) is 45.2 Å². The van der Waals surface area contributed by atoms with Gasteiger partial charge in [-0.15, -0.1) is 22.7 Å². The number of esters is 2. The van der Waals surface area contributed by atoms with E-state index in [1.807, 2.05) is 10.8 Å². The summed E-state index contributed by atoms with van der Waals surface area (Å²) in [4.78, 5) is 24.7. The molecule has 0 aliphatic carbocycles. The van der Waals surface area contributed by atoms with E-state index in [0.717, 1.165) is 18.3 Å². The Morgan fingerprint density at radius 3 is 1.55 bits per heavy atom. The predicted octanol–water partition coefficient (Wildman–Crippen LogP) is 4.26. The zero-order valence-electron chi connectivity index (χ0n) is 10.4. The van der Waals surface area contributed by atoms with Crippen LogP contribution in [0.5, 0.6) is 0 Å². The van der Waals surface area contributed by atoms with Crippen LogP contribution in [0.4, 0.5) is 0 Å². The fraction of sp³-hybridized carbons (Fsp3) is 0.167. The van der Waals surface area contributed by atoms with Gasteiger partial charge in [0.15, 0.2) is 0 Å². The second-order valence-corrected chi connectivity index (χ2v) is 7.64. The van der Waals surface area contributed by atoms with Crippen molar-refractivity contribution >= 4 is 79.8 Å². The summed E-state index contributed by atoms with van der Waals surface area (Å²) in [5.41, 5.74) is 1.49. The molecule has 8 heteroatoms. The number of halogens is 2. The Kier molecular flexibility index (Phi) is 5.42. The summed E-state index contributed by atoms with van der Waals surface area (Å²) in [6.45, 7) is 0. The Balaban J connectivity index is 2.69. The van der Waals surface area contributed by atoms with Gasteiger partial charge in [-0.3, -0.25) is 0 Å². The van der Waals surface area contributed by atoms with E-state index < -0.39 is 11.9 Å². The number of rotatable bonds is 3. The van der Waals surface area contributed by atoms with Gasteiger partial charge in [0.25, 0.3) is 0 Å². The molecule has 4 nitrogen and oxygen atoms in total. The van der Waals surface area contributed by atoms with Gasteiger partial charge in [0.05, 0.1) is 14.2 Å². The number of hydrogen-bond donors (Lipinski definition) is 0. The highest BCUT2D eigenvalue weighted by molar-refractivity contribution is 14.1. The van der Waals surface area contributed by atoms with Crippen LogP contribution in [-0.4, -0.2) is 26.2 Å². The van der Waals surface area contributed by atoms with Gasteiger partial charge in [0.1, 0.15) is 9.75 Å². The third kappa shape index (κ3) is 2.88. The lowest BCUT2D eigenvalue weighted by Crippen LogP contribution is -2.04. The Morgan fingerprint density at radius 2 is 1.25 bits per heavy atom. The first-order chi connectivity index (χ1) is 9.51. The molecule has 0 aliphatic heterocycles. The molecule has 0 atom stereocenters. The minimum atomic E-state index is -0.397. The number of hydrogen-bond acceptors (Lipinski definition) is 6. The van der Waals surface area contributed by atoms with Gasteiger partial charge in [-0.2, -0.15) is 0 Å². The molecular formula is C12H8I2O4S2. The van der Waals surface area contributed by atoms with Gasteiger partial charge >= 0.3 is 11.9 Å². The summed E-state index contributed by atoms with van der Waals surface area (Å²) in [6.07, 6.45) is 0. The van der Waals surface area contributed by atoms with Crippen molar-refractivity contribution in [3.63, 3.8) is 0 Å². The molecule has 0 N–H and O–H groups in total. The minimum absolute atomic E-state index is 0.397. The normalized spacial score (nSPS) is 10.4. The van der Waals surface area contributed by atoms with E-state index in [4.69, 9.17) is 9.47 Å². The number of methoxy groups -OCH3 is 2. The van der Waals surface area contributed by atoms with Gasteiger partial charge in [-0.1, -0.05) is 0 Å². The SMILES string of the molecule is COC(=O)c1scc(I)c1-c1c(I)csc1C(=O)OC. The van der Waals surface area contributed by atoms with Crippen LogP contribution in [0.25, 0.3) is 11.1 Å². The standard InChI is InChI=1S/C12H8I2O4S2/c1-17-11(15)9-7(5(13)3-19-9)8-6(14)4-20-10(8)12(16)18-2/h3-4H,1-2H3. The first kappa shape index (κ1) is 16.2. The molecule has 106 valence electrons. The average molecular weight is 534 g/mol.